The molecule has 8 nitrogen and oxygen atoms in total. The molecule has 0 aliphatic heterocycles. The molecule has 1 aromatic rings. The van der Waals surface area contributed by atoms with E-state index >= 15 is 0 Å². The molecule has 2 unspecified atom stereocenters. The van der Waals surface area contributed by atoms with Crippen LogP contribution < -0.4 is 11.1 Å². The van der Waals surface area contributed by atoms with E-state index in [1.165, 1.54) is 0 Å². The zero-order valence-electron chi connectivity index (χ0n) is 11.2. The van der Waals surface area contributed by atoms with Crippen molar-refractivity contribution < 1.29 is 13.9 Å². The molecule has 0 aliphatic rings. The van der Waals surface area contributed by atoms with Crippen molar-refractivity contribution in [2.45, 2.75) is 19.4 Å². The molecule has 1 amide bonds. The van der Waals surface area contributed by atoms with Gasteiger partial charge in [0.25, 0.3) is 11.6 Å². The van der Waals surface area contributed by atoms with Crippen LogP contribution in [0.2, 0.25) is 0 Å². The summed E-state index contributed by atoms with van der Waals surface area (Å²) >= 11 is 0. The van der Waals surface area contributed by atoms with Crippen LogP contribution in [0.5, 0.6) is 0 Å². The number of aromatic nitrogens is 1. The summed E-state index contributed by atoms with van der Waals surface area (Å²) in [6, 6.07) is 0.868. The van der Waals surface area contributed by atoms with Gasteiger partial charge in [0, 0.05) is 34.9 Å². The largest absolute Gasteiger partial charge is 0.383 e. The second kappa shape index (κ2) is 6.94. The number of anilines is 1. The molecule has 0 radical (unpaired) electrons. The number of hydrogen-bond acceptors (Lipinski definition) is 6. The number of rotatable bonds is 6. The van der Waals surface area contributed by atoms with E-state index in [9.17, 15) is 19.1 Å². The van der Waals surface area contributed by atoms with Crippen LogP contribution in [0.1, 0.15) is 23.7 Å². The number of nitrogens with two attached hydrogens (primary N) is 1. The van der Waals surface area contributed by atoms with Gasteiger partial charge < -0.3 is 11.1 Å². The molecule has 20 heavy (non-hydrogen) atoms. The standard InChI is InChI=1S/C11H16N4O4S/c1-7(3-4-20(2)19)14-11(16)9-5-8(15(17)18)6-13-10(9)12/h5-7H,3-4H2,1-2H3,(H2,12,13)(H,14,16). The average Bonchev–Trinajstić information content (AvgIpc) is 2.36. The third kappa shape index (κ3) is 4.57. The van der Waals surface area contributed by atoms with Crippen LogP contribution in [0.15, 0.2) is 12.3 Å². The number of carbonyl (C=O) groups excluding carboxylic acids is 1. The molecule has 0 aliphatic carbocycles. The van der Waals surface area contributed by atoms with Gasteiger partial charge in [-0.3, -0.25) is 19.1 Å². The monoisotopic (exact) mass is 300 g/mol. The number of carbonyl (C=O) groups is 1. The lowest BCUT2D eigenvalue weighted by Gasteiger charge is -2.13. The molecular formula is C11H16N4O4S. The van der Waals surface area contributed by atoms with Gasteiger partial charge in [-0.15, -0.1) is 0 Å². The first-order valence-electron chi connectivity index (χ1n) is 5.82. The Bertz CT molecular complexity index is 549. The molecule has 1 aromatic heterocycles. The first-order chi connectivity index (χ1) is 9.31. The molecule has 1 heterocycles. The highest BCUT2D eigenvalue weighted by molar-refractivity contribution is 7.84. The van der Waals surface area contributed by atoms with Crippen LogP contribution >= 0.6 is 0 Å². The van der Waals surface area contributed by atoms with E-state index in [-0.39, 0.29) is 23.1 Å². The van der Waals surface area contributed by atoms with Gasteiger partial charge in [-0.1, -0.05) is 0 Å². The third-order valence-electron chi connectivity index (χ3n) is 2.58. The summed E-state index contributed by atoms with van der Waals surface area (Å²) in [7, 11) is -0.937. The summed E-state index contributed by atoms with van der Waals surface area (Å²) in [5.41, 5.74) is 5.21. The van der Waals surface area contributed by atoms with E-state index < -0.39 is 21.6 Å². The lowest BCUT2D eigenvalue weighted by molar-refractivity contribution is -0.385. The molecular weight excluding hydrogens is 284 g/mol. The van der Waals surface area contributed by atoms with E-state index in [0.29, 0.717) is 12.2 Å². The number of hydrogen-bond donors (Lipinski definition) is 2. The Morgan fingerprint density at radius 2 is 2.30 bits per heavy atom. The molecule has 0 saturated heterocycles. The fourth-order valence-electron chi connectivity index (χ4n) is 1.46. The number of amides is 1. The Morgan fingerprint density at radius 1 is 1.65 bits per heavy atom. The van der Waals surface area contributed by atoms with Crippen LogP contribution in [0, 0.1) is 10.1 Å². The van der Waals surface area contributed by atoms with Gasteiger partial charge in [-0.05, 0) is 13.3 Å². The highest BCUT2D eigenvalue weighted by atomic mass is 32.2. The van der Waals surface area contributed by atoms with Gasteiger partial charge >= 0.3 is 0 Å². The smallest absolute Gasteiger partial charge is 0.288 e. The van der Waals surface area contributed by atoms with Gasteiger partial charge in [-0.25, -0.2) is 4.98 Å². The zero-order chi connectivity index (χ0) is 15.3. The van der Waals surface area contributed by atoms with Crippen molar-refractivity contribution in [2.24, 2.45) is 0 Å². The van der Waals surface area contributed by atoms with Crippen molar-refractivity contribution in [3.05, 3.63) is 27.9 Å². The Kier molecular flexibility index (Phi) is 5.56. The topological polar surface area (TPSA) is 128 Å². The highest BCUT2D eigenvalue weighted by Gasteiger charge is 2.18. The van der Waals surface area contributed by atoms with Gasteiger partial charge in [0.1, 0.15) is 12.0 Å². The van der Waals surface area contributed by atoms with Gasteiger partial charge in [0.15, 0.2) is 0 Å². The van der Waals surface area contributed by atoms with Crippen molar-refractivity contribution in [1.29, 1.82) is 0 Å². The first-order valence-corrected chi connectivity index (χ1v) is 7.54. The quantitative estimate of drug-likeness (QED) is 0.580. The third-order valence-corrected chi connectivity index (χ3v) is 3.39. The minimum Gasteiger partial charge on any atom is -0.383 e. The Balaban J connectivity index is 2.79. The molecule has 0 fully saturated rings. The predicted molar refractivity (Wildman–Crippen MR) is 75.8 cm³/mol. The van der Waals surface area contributed by atoms with Gasteiger partial charge in [-0.2, -0.15) is 0 Å². The summed E-state index contributed by atoms with van der Waals surface area (Å²) in [6.45, 7) is 1.76. The Labute approximate surface area is 118 Å². The van der Waals surface area contributed by atoms with Crippen molar-refractivity contribution in [3.8, 4) is 0 Å². The molecule has 0 aromatic carbocycles. The van der Waals surface area contributed by atoms with Gasteiger partial charge in [0.05, 0.1) is 10.5 Å². The van der Waals surface area contributed by atoms with Crippen LogP contribution in [-0.4, -0.2) is 38.1 Å². The summed E-state index contributed by atoms with van der Waals surface area (Å²) in [5.74, 6) is -0.142. The molecule has 3 N–H and O–H groups in total. The molecule has 110 valence electrons. The van der Waals surface area contributed by atoms with Crippen molar-refractivity contribution in [3.63, 3.8) is 0 Å². The first kappa shape index (κ1) is 16.0. The number of nitrogens with one attached hydrogen (secondary N) is 1. The molecule has 0 bridgehead atoms. The lowest BCUT2D eigenvalue weighted by atomic mass is 10.2. The molecule has 2 atom stereocenters. The minimum atomic E-state index is -0.937. The number of nitrogen functional groups attached to an aromatic ring is 1. The van der Waals surface area contributed by atoms with E-state index in [1.54, 1.807) is 13.2 Å². The molecule has 0 saturated carbocycles. The lowest BCUT2D eigenvalue weighted by Crippen LogP contribution is -2.34. The van der Waals surface area contributed by atoms with Crippen LogP contribution in [0.25, 0.3) is 0 Å². The summed E-state index contributed by atoms with van der Waals surface area (Å²) in [5, 5.41) is 13.3. The van der Waals surface area contributed by atoms with Crippen molar-refractivity contribution in [2.75, 3.05) is 17.7 Å². The minimum absolute atomic E-state index is 0.0383. The SMILES string of the molecule is CC(CCS(C)=O)NC(=O)c1cc([N+](=O)[O-])cnc1N. The van der Waals surface area contributed by atoms with Crippen LogP contribution in [-0.2, 0) is 10.8 Å². The summed E-state index contributed by atoms with van der Waals surface area (Å²) < 4.78 is 11.0. The molecule has 0 spiro atoms. The molecule has 1 rings (SSSR count). The maximum Gasteiger partial charge on any atom is 0.288 e. The summed E-state index contributed by atoms with van der Waals surface area (Å²) in [6.07, 6.45) is 3.11. The normalized spacial score (nSPS) is 13.5. The zero-order valence-corrected chi connectivity index (χ0v) is 12.0. The Hall–Kier alpha value is -2.03. The van der Waals surface area contributed by atoms with Gasteiger partial charge in [0.2, 0.25) is 0 Å². The average molecular weight is 300 g/mol. The fraction of sp³-hybridized carbons (Fsp3) is 0.455. The van der Waals surface area contributed by atoms with Crippen LogP contribution in [0.4, 0.5) is 11.5 Å². The van der Waals surface area contributed by atoms with Crippen molar-refractivity contribution >= 4 is 28.2 Å². The Morgan fingerprint density at radius 3 is 2.85 bits per heavy atom. The summed E-state index contributed by atoms with van der Waals surface area (Å²) in [4.78, 5) is 25.6. The maximum atomic E-state index is 12.0. The second-order valence-electron chi connectivity index (χ2n) is 4.32. The second-order valence-corrected chi connectivity index (χ2v) is 5.88. The van der Waals surface area contributed by atoms with Crippen LogP contribution in [0.3, 0.4) is 0 Å². The number of nitro groups is 1. The van der Waals surface area contributed by atoms with E-state index in [2.05, 4.69) is 10.3 Å². The predicted octanol–water partition coefficient (Wildman–Crippen LogP) is 0.459. The van der Waals surface area contributed by atoms with E-state index in [1.807, 2.05) is 0 Å². The van der Waals surface area contributed by atoms with E-state index in [4.69, 9.17) is 5.73 Å². The molecule has 9 heteroatoms. The number of nitrogens with zero attached hydrogens (tertiary/aromatic N) is 2. The van der Waals surface area contributed by atoms with E-state index in [0.717, 1.165) is 12.3 Å². The fourth-order valence-corrected chi connectivity index (χ4v) is 2.15. The van der Waals surface area contributed by atoms with Crippen molar-refractivity contribution in [1.82, 2.24) is 10.3 Å². The number of pyridine rings is 1. The maximum absolute atomic E-state index is 12.0. The highest BCUT2D eigenvalue weighted by Crippen LogP contribution is 2.16.